The predicted molar refractivity (Wildman–Crippen MR) is 116 cm³/mol. The van der Waals surface area contributed by atoms with Crippen LogP contribution in [0.25, 0.3) is 0 Å². The van der Waals surface area contributed by atoms with Crippen LogP contribution in [0, 0.1) is 4.91 Å². The Balaban J connectivity index is 1.46. The molecule has 3 aromatic carbocycles. The van der Waals surface area contributed by atoms with Crippen LogP contribution in [0.5, 0.6) is 5.75 Å². The molecule has 0 radical (unpaired) electrons. The fourth-order valence-electron chi connectivity index (χ4n) is 3.22. The van der Waals surface area contributed by atoms with Crippen LogP contribution in [-0.2, 0) is 0 Å². The molecule has 7 heteroatoms. The first-order valence-electron chi connectivity index (χ1n) is 9.22. The zero-order valence-electron chi connectivity index (χ0n) is 15.7. The van der Waals surface area contributed by atoms with Gasteiger partial charge in [-0.1, -0.05) is 12.1 Å². The number of para-hydroxylation sites is 2. The number of amides is 1. The van der Waals surface area contributed by atoms with Crippen LogP contribution < -0.4 is 15.4 Å². The minimum absolute atomic E-state index is 0.224. The van der Waals surface area contributed by atoms with Gasteiger partial charge < -0.3 is 15.4 Å². The lowest BCUT2D eigenvalue weighted by molar-refractivity contribution is -0.495. The number of nitrogens with zero attached hydrogens (tertiary/aromatic N) is 1. The number of hydrogen-bond donors (Lipinski definition) is 2. The second-order valence-corrected chi connectivity index (χ2v) is 7.40. The van der Waals surface area contributed by atoms with E-state index >= 15 is 0 Å². The number of hydrogen-bond acceptors (Lipinski definition) is 4. The second kappa shape index (κ2) is 8.05. The van der Waals surface area contributed by atoms with Crippen LogP contribution in [-0.4, -0.2) is 17.3 Å². The molecule has 29 heavy (non-hydrogen) atoms. The first kappa shape index (κ1) is 19.1. The minimum Gasteiger partial charge on any atom is -0.493 e. The van der Waals surface area contributed by atoms with Gasteiger partial charge in [0, 0.05) is 27.8 Å². The number of anilines is 2. The Morgan fingerprint density at radius 1 is 1.14 bits per heavy atom. The molecule has 3 aromatic rings. The maximum absolute atomic E-state index is 12.5. The standard InChI is InChI=1S/C22H18BrN3O3/c1-2-29-20-12-9-15(13-17(20)23)22(27)24-16-10-7-14(8-11-16)21-25-18-5-3-4-6-19(18)26(21)28/h3-13,21H,2H2,1H3,(H-,24,25,27,28)/p+1. The summed E-state index contributed by atoms with van der Waals surface area (Å²) < 4.78 is 7.15. The summed E-state index contributed by atoms with van der Waals surface area (Å²) in [6.07, 6.45) is -0.487. The Labute approximate surface area is 176 Å². The van der Waals surface area contributed by atoms with Gasteiger partial charge in [0.2, 0.25) is 0 Å². The van der Waals surface area contributed by atoms with Crippen molar-refractivity contribution in [3.8, 4) is 5.75 Å². The highest BCUT2D eigenvalue weighted by Gasteiger charge is 2.38. The quantitative estimate of drug-likeness (QED) is 0.491. The number of ether oxygens (including phenoxy) is 1. The zero-order valence-corrected chi connectivity index (χ0v) is 17.3. The molecule has 0 saturated heterocycles. The van der Waals surface area contributed by atoms with Crippen LogP contribution in [0.4, 0.5) is 17.1 Å². The number of benzene rings is 3. The van der Waals surface area contributed by atoms with Crippen molar-refractivity contribution < 1.29 is 14.3 Å². The number of halogens is 1. The highest BCUT2D eigenvalue weighted by Crippen LogP contribution is 2.38. The molecule has 146 valence electrons. The van der Waals surface area contributed by atoms with Crippen LogP contribution in [0.3, 0.4) is 0 Å². The van der Waals surface area contributed by atoms with Crippen molar-refractivity contribution in [3.63, 3.8) is 0 Å². The van der Waals surface area contributed by atoms with Crippen LogP contribution in [0.2, 0.25) is 0 Å². The molecule has 0 aliphatic carbocycles. The summed E-state index contributed by atoms with van der Waals surface area (Å²) >= 11 is 3.42. The lowest BCUT2D eigenvalue weighted by Crippen LogP contribution is -2.14. The summed E-state index contributed by atoms with van der Waals surface area (Å²) in [5, 5.41) is 6.09. The highest BCUT2D eigenvalue weighted by atomic mass is 79.9. The van der Waals surface area contributed by atoms with Crippen LogP contribution in [0.15, 0.2) is 71.2 Å². The Morgan fingerprint density at radius 3 is 2.59 bits per heavy atom. The zero-order chi connectivity index (χ0) is 20.4. The first-order chi connectivity index (χ1) is 14.1. The molecular weight excluding hydrogens is 434 g/mol. The number of nitroso groups, excluding NO2 is 1. The van der Waals surface area contributed by atoms with Gasteiger partial charge in [0.25, 0.3) is 11.6 Å². The molecule has 0 fully saturated rings. The van der Waals surface area contributed by atoms with E-state index in [-0.39, 0.29) is 5.91 Å². The van der Waals surface area contributed by atoms with E-state index in [0.29, 0.717) is 29.3 Å². The minimum atomic E-state index is -0.487. The second-order valence-electron chi connectivity index (χ2n) is 6.54. The molecule has 0 aromatic heterocycles. The molecule has 2 N–H and O–H groups in total. The summed E-state index contributed by atoms with van der Waals surface area (Å²) in [7, 11) is 0. The maximum Gasteiger partial charge on any atom is 0.307 e. The van der Waals surface area contributed by atoms with Gasteiger partial charge in [-0.15, -0.1) is 0 Å². The summed E-state index contributed by atoms with van der Waals surface area (Å²) in [4.78, 5) is 25.1. The number of carbonyl (C=O) groups excluding carboxylic acids is 1. The number of nitrogens with one attached hydrogen (secondary N) is 2. The molecular formula is C22H19BrN3O3+. The van der Waals surface area contributed by atoms with E-state index in [2.05, 4.69) is 26.6 Å². The topological polar surface area (TPSA) is 70.4 Å². The predicted octanol–water partition coefficient (Wildman–Crippen LogP) is 5.63. The van der Waals surface area contributed by atoms with Gasteiger partial charge in [0.15, 0.2) is 0 Å². The highest BCUT2D eigenvalue weighted by molar-refractivity contribution is 9.10. The Hall–Kier alpha value is -3.19. The third-order valence-corrected chi connectivity index (χ3v) is 5.27. The van der Waals surface area contributed by atoms with Gasteiger partial charge in [0.1, 0.15) is 11.4 Å². The molecule has 1 amide bonds. The smallest absolute Gasteiger partial charge is 0.307 e. The molecule has 6 nitrogen and oxygen atoms in total. The lowest BCUT2D eigenvalue weighted by atomic mass is 10.1. The average molecular weight is 453 g/mol. The van der Waals surface area contributed by atoms with Gasteiger partial charge in [-0.2, -0.15) is 0 Å². The van der Waals surface area contributed by atoms with Gasteiger partial charge in [-0.3, -0.25) is 4.79 Å². The van der Waals surface area contributed by atoms with Crippen LogP contribution in [0.1, 0.15) is 29.0 Å². The van der Waals surface area contributed by atoms with E-state index in [1.807, 2.05) is 37.3 Å². The van der Waals surface area contributed by atoms with E-state index in [9.17, 15) is 9.70 Å². The van der Waals surface area contributed by atoms with E-state index in [1.165, 1.54) is 0 Å². The molecule has 1 unspecified atom stereocenters. The number of rotatable bonds is 5. The number of carbonyl (C=O) groups is 1. The van der Waals surface area contributed by atoms with Crippen molar-refractivity contribution in [2.45, 2.75) is 13.1 Å². The molecule has 4 rings (SSSR count). The fraction of sp³-hybridized carbons (Fsp3) is 0.136. The monoisotopic (exact) mass is 452 g/mol. The van der Waals surface area contributed by atoms with E-state index in [4.69, 9.17) is 4.74 Å². The van der Waals surface area contributed by atoms with E-state index < -0.39 is 6.17 Å². The van der Waals surface area contributed by atoms with Gasteiger partial charge >= 0.3 is 6.17 Å². The molecule has 1 atom stereocenters. The van der Waals surface area contributed by atoms with Gasteiger partial charge in [-0.25, -0.2) is 0 Å². The molecule has 1 aliphatic rings. The van der Waals surface area contributed by atoms with E-state index in [0.717, 1.165) is 20.5 Å². The normalized spacial score (nSPS) is 14.8. The third kappa shape index (κ3) is 3.86. The van der Waals surface area contributed by atoms with Crippen molar-refractivity contribution in [2.75, 3.05) is 17.2 Å². The van der Waals surface area contributed by atoms with Gasteiger partial charge in [0.05, 0.1) is 15.8 Å². The van der Waals surface area contributed by atoms with Crippen molar-refractivity contribution in [2.24, 2.45) is 0 Å². The van der Waals surface area contributed by atoms with E-state index in [1.54, 1.807) is 36.4 Å². The molecule has 0 bridgehead atoms. The first-order valence-corrected chi connectivity index (χ1v) is 10.0. The molecule has 0 saturated carbocycles. The molecule has 0 spiro atoms. The lowest BCUT2D eigenvalue weighted by Gasteiger charge is -2.10. The summed E-state index contributed by atoms with van der Waals surface area (Å²) in [6.45, 7) is 2.46. The summed E-state index contributed by atoms with van der Waals surface area (Å²) in [5.41, 5.74) is 3.42. The van der Waals surface area contributed by atoms with Crippen molar-refractivity contribution in [3.05, 3.63) is 87.2 Å². The largest absolute Gasteiger partial charge is 0.493 e. The van der Waals surface area contributed by atoms with Crippen molar-refractivity contribution >= 4 is 38.9 Å². The number of fused-ring (bicyclic) bond motifs is 1. The maximum atomic E-state index is 12.5. The van der Waals surface area contributed by atoms with Crippen LogP contribution >= 0.6 is 15.9 Å². The Kier molecular flexibility index (Phi) is 5.31. The molecule has 1 heterocycles. The van der Waals surface area contributed by atoms with Crippen molar-refractivity contribution in [1.82, 2.24) is 0 Å². The van der Waals surface area contributed by atoms with Gasteiger partial charge in [-0.05, 0) is 71.4 Å². The fourth-order valence-corrected chi connectivity index (χ4v) is 3.71. The SMILES string of the molecule is CCOc1ccc(C(=O)Nc2ccc(C3Nc4ccccc4[N+]3=O)cc2)cc1Br. The third-order valence-electron chi connectivity index (χ3n) is 4.65. The summed E-state index contributed by atoms with van der Waals surface area (Å²) in [5.74, 6) is 0.471. The van der Waals surface area contributed by atoms with Crippen molar-refractivity contribution in [1.29, 1.82) is 0 Å². The summed E-state index contributed by atoms with van der Waals surface area (Å²) in [6, 6.07) is 19.8. The average Bonchev–Trinajstić information content (AvgIpc) is 3.07. The molecule has 1 aliphatic heterocycles. The Bertz CT molecular complexity index is 1080. The Morgan fingerprint density at radius 2 is 1.90 bits per heavy atom.